The van der Waals surface area contributed by atoms with E-state index in [9.17, 15) is 14.4 Å². The van der Waals surface area contributed by atoms with Crippen molar-refractivity contribution < 1.29 is 14.4 Å². The van der Waals surface area contributed by atoms with Crippen molar-refractivity contribution in [3.8, 4) is 0 Å². The molecule has 0 spiro atoms. The van der Waals surface area contributed by atoms with Gasteiger partial charge in [0.15, 0.2) is 11.7 Å². The van der Waals surface area contributed by atoms with Gasteiger partial charge in [-0.2, -0.15) is 0 Å². The van der Waals surface area contributed by atoms with Crippen LogP contribution in [0.5, 0.6) is 0 Å². The number of rotatable bonds is 5. The largest absolute Gasteiger partial charge is 0.325 e. The van der Waals surface area contributed by atoms with Crippen molar-refractivity contribution in [2.75, 3.05) is 10.6 Å². The van der Waals surface area contributed by atoms with Crippen LogP contribution >= 0.6 is 0 Å². The van der Waals surface area contributed by atoms with Gasteiger partial charge in [-0.15, -0.1) is 0 Å². The molecule has 0 bridgehead atoms. The second-order valence-corrected chi connectivity index (χ2v) is 4.75. The quantitative estimate of drug-likeness (QED) is 0.832. The Morgan fingerprint density at radius 1 is 0.727 bits per heavy atom. The van der Waals surface area contributed by atoms with E-state index >= 15 is 0 Å². The first-order valence-electron chi connectivity index (χ1n) is 6.80. The van der Waals surface area contributed by atoms with E-state index in [-0.39, 0.29) is 0 Å². The monoisotopic (exact) mass is 296 g/mol. The van der Waals surface area contributed by atoms with E-state index in [4.69, 9.17) is 0 Å². The lowest BCUT2D eigenvalue weighted by atomic mass is 10.0. The third-order valence-electron chi connectivity index (χ3n) is 3.01. The average Bonchev–Trinajstić information content (AvgIpc) is 2.48. The molecule has 5 heteroatoms. The van der Waals surface area contributed by atoms with Gasteiger partial charge >= 0.3 is 0 Å². The predicted octanol–water partition coefficient (Wildman–Crippen LogP) is 2.47. The van der Waals surface area contributed by atoms with Gasteiger partial charge in [0.05, 0.1) is 0 Å². The van der Waals surface area contributed by atoms with Crippen LogP contribution < -0.4 is 10.6 Å². The van der Waals surface area contributed by atoms with E-state index in [0.717, 1.165) is 0 Å². The minimum Gasteiger partial charge on any atom is -0.325 e. The summed E-state index contributed by atoms with van der Waals surface area (Å²) in [5.41, 5.74) is 1.07. The first-order valence-corrected chi connectivity index (χ1v) is 6.80. The fourth-order valence-corrected chi connectivity index (χ4v) is 1.96. The van der Waals surface area contributed by atoms with Crippen molar-refractivity contribution in [1.82, 2.24) is 0 Å². The number of anilines is 2. The molecule has 0 atom stereocenters. The van der Waals surface area contributed by atoms with E-state index in [1.807, 2.05) is 0 Å². The molecule has 0 fully saturated rings. The summed E-state index contributed by atoms with van der Waals surface area (Å²) in [4.78, 5) is 36.1. The average molecular weight is 296 g/mol. The normalized spacial score (nSPS) is 10.1. The number of hydrogen-bond acceptors (Lipinski definition) is 3. The summed E-state index contributed by atoms with van der Waals surface area (Å²) in [6, 6.07) is 17.4. The highest BCUT2D eigenvalue weighted by Crippen LogP contribution is 2.12. The summed E-state index contributed by atoms with van der Waals surface area (Å²) in [6.07, 6.45) is 0. The van der Waals surface area contributed by atoms with Crippen molar-refractivity contribution in [1.29, 1.82) is 0 Å². The summed E-state index contributed by atoms with van der Waals surface area (Å²) < 4.78 is 0. The van der Waals surface area contributed by atoms with Crippen LogP contribution in [0.4, 0.5) is 11.4 Å². The van der Waals surface area contributed by atoms with Gasteiger partial charge in [-0.3, -0.25) is 14.4 Å². The molecule has 0 radical (unpaired) electrons. The molecule has 0 aromatic heterocycles. The maximum atomic E-state index is 12.2. The van der Waals surface area contributed by atoms with E-state index in [2.05, 4.69) is 10.6 Å². The number of hydrogen-bond donors (Lipinski definition) is 2. The summed E-state index contributed by atoms with van der Waals surface area (Å²) >= 11 is 0. The Bertz CT molecular complexity index is 615. The molecule has 2 N–H and O–H groups in total. The molecule has 2 aromatic rings. The van der Waals surface area contributed by atoms with Crippen LogP contribution in [-0.2, 0) is 14.4 Å². The molecule has 0 heterocycles. The zero-order valence-electron chi connectivity index (χ0n) is 12.1. The van der Waals surface area contributed by atoms with Gasteiger partial charge in [0.1, 0.15) is 0 Å². The Kier molecular flexibility index (Phi) is 5.03. The van der Waals surface area contributed by atoms with Crippen LogP contribution in [0.15, 0.2) is 60.7 Å². The summed E-state index contributed by atoms with van der Waals surface area (Å²) in [5.74, 6) is -3.19. The Morgan fingerprint density at radius 2 is 1.09 bits per heavy atom. The van der Waals surface area contributed by atoms with Gasteiger partial charge in [-0.25, -0.2) is 0 Å². The van der Waals surface area contributed by atoms with Crippen LogP contribution in [0.25, 0.3) is 0 Å². The Morgan fingerprint density at radius 3 is 1.41 bits per heavy atom. The molecule has 0 saturated heterocycles. The highest BCUT2D eigenvalue weighted by molar-refractivity contribution is 6.23. The third-order valence-corrected chi connectivity index (χ3v) is 3.01. The Balaban J connectivity index is 2.10. The number of carbonyl (C=O) groups is 3. The van der Waals surface area contributed by atoms with Crippen LogP contribution in [0.1, 0.15) is 6.92 Å². The highest BCUT2D eigenvalue weighted by atomic mass is 16.2. The molecule has 5 nitrogen and oxygen atoms in total. The zero-order valence-corrected chi connectivity index (χ0v) is 12.1. The van der Waals surface area contributed by atoms with Gasteiger partial charge in [0, 0.05) is 11.4 Å². The van der Waals surface area contributed by atoms with E-state index in [1.54, 1.807) is 60.7 Å². The first kappa shape index (κ1) is 15.4. The fraction of sp³-hybridized carbons (Fsp3) is 0.118. The maximum absolute atomic E-state index is 12.2. The standard InChI is InChI=1S/C17H16N2O3/c1-12(20)15(16(21)18-13-8-4-2-5-9-13)17(22)19-14-10-6-3-7-11-14/h2-11,15H,1H3,(H,18,21)(H,19,22). The summed E-state index contributed by atoms with van der Waals surface area (Å²) in [6.45, 7) is 1.22. The second kappa shape index (κ2) is 7.17. The van der Waals surface area contributed by atoms with E-state index in [1.165, 1.54) is 6.92 Å². The maximum Gasteiger partial charge on any atom is 0.244 e. The first-order chi connectivity index (χ1) is 10.6. The molecule has 0 aliphatic carbocycles. The van der Waals surface area contributed by atoms with E-state index in [0.29, 0.717) is 11.4 Å². The number of amides is 2. The lowest BCUT2D eigenvalue weighted by molar-refractivity contribution is -0.136. The molecule has 22 heavy (non-hydrogen) atoms. The number of benzene rings is 2. The summed E-state index contributed by atoms with van der Waals surface area (Å²) in [7, 11) is 0. The van der Waals surface area contributed by atoms with Gasteiger partial charge in [-0.1, -0.05) is 36.4 Å². The minimum atomic E-state index is -1.39. The van der Waals surface area contributed by atoms with Crippen molar-refractivity contribution in [2.24, 2.45) is 5.92 Å². The topological polar surface area (TPSA) is 75.3 Å². The lowest BCUT2D eigenvalue weighted by Gasteiger charge is -2.14. The molecular weight excluding hydrogens is 280 g/mol. The fourth-order valence-electron chi connectivity index (χ4n) is 1.96. The van der Waals surface area contributed by atoms with Gasteiger partial charge in [0.2, 0.25) is 11.8 Å². The zero-order chi connectivity index (χ0) is 15.9. The SMILES string of the molecule is CC(=O)C(C(=O)Nc1ccccc1)C(=O)Nc1ccccc1. The predicted molar refractivity (Wildman–Crippen MR) is 84.3 cm³/mol. The number of para-hydroxylation sites is 2. The van der Waals surface area contributed by atoms with Crippen LogP contribution in [0.3, 0.4) is 0 Å². The number of carbonyl (C=O) groups excluding carboxylic acids is 3. The molecule has 0 aliphatic heterocycles. The van der Waals surface area contributed by atoms with Crippen molar-refractivity contribution in [3.63, 3.8) is 0 Å². The Labute approximate surface area is 128 Å². The highest BCUT2D eigenvalue weighted by Gasteiger charge is 2.31. The third kappa shape index (κ3) is 4.02. The summed E-state index contributed by atoms with van der Waals surface area (Å²) in [5, 5.41) is 5.14. The molecule has 2 amide bonds. The van der Waals surface area contributed by atoms with Gasteiger partial charge in [-0.05, 0) is 31.2 Å². The smallest absolute Gasteiger partial charge is 0.244 e. The molecule has 0 aliphatic rings. The Hall–Kier alpha value is -2.95. The molecule has 2 aromatic carbocycles. The van der Waals surface area contributed by atoms with Crippen LogP contribution in [0.2, 0.25) is 0 Å². The minimum absolute atomic E-state index is 0.512. The van der Waals surface area contributed by atoms with Crippen molar-refractivity contribution >= 4 is 29.0 Å². The van der Waals surface area contributed by atoms with Crippen LogP contribution in [-0.4, -0.2) is 17.6 Å². The number of nitrogens with one attached hydrogen (secondary N) is 2. The molecule has 0 saturated carbocycles. The second-order valence-electron chi connectivity index (χ2n) is 4.75. The van der Waals surface area contributed by atoms with E-state index < -0.39 is 23.5 Å². The van der Waals surface area contributed by atoms with Crippen LogP contribution in [0, 0.1) is 5.92 Å². The molecule has 112 valence electrons. The number of Topliss-reactive ketones (excluding diaryl/α,β-unsaturated/α-hetero) is 1. The van der Waals surface area contributed by atoms with Gasteiger partial charge < -0.3 is 10.6 Å². The molecule has 2 rings (SSSR count). The number of ketones is 1. The van der Waals surface area contributed by atoms with Crippen molar-refractivity contribution in [2.45, 2.75) is 6.92 Å². The van der Waals surface area contributed by atoms with Gasteiger partial charge in [0.25, 0.3) is 0 Å². The van der Waals surface area contributed by atoms with Crippen molar-refractivity contribution in [3.05, 3.63) is 60.7 Å². The molecule has 0 unspecified atom stereocenters. The lowest BCUT2D eigenvalue weighted by Crippen LogP contribution is -2.38. The molecular formula is C17H16N2O3.